The number of likely N-dealkylation sites (N-methyl/N-ethyl adjacent to an activating group) is 1. The van der Waals surface area contributed by atoms with Gasteiger partial charge in [0.2, 0.25) is 0 Å². The number of rotatable bonds is 1. The zero-order valence-corrected chi connectivity index (χ0v) is 10.7. The van der Waals surface area contributed by atoms with Crippen molar-refractivity contribution in [3.63, 3.8) is 0 Å². The second kappa shape index (κ2) is 5.24. The molecule has 4 nitrogen and oxygen atoms in total. The van der Waals surface area contributed by atoms with Crippen molar-refractivity contribution in [1.82, 2.24) is 9.88 Å². The van der Waals surface area contributed by atoms with E-state index >= 15 is 0 Å². The highest BCUT2D eigenvalue weighted by Crippen LogP contribution is 2.32. The first-order valence-corrected chi connectivity index (χ1v) is 6.14. The lowest BCUT2D eigenvalue weighted by Gasteiger charge is -2.24. The Morgan fingerprint density at radius 2 is 1.95 bits per heavy atom. The highest BCUT2D eigenvalue weighted by Gasteiger charge is 2.33. The Kier molecular flexibility index (Phi) is 3.84. The van der Waals surface area contributed by atoms with E-state index in [0.29, 0.717) is 18.8 Å². The molecule has 0 spiro atoms. The van der Waals surface area contributed by atoms with Crippen LogP contribution in [0.25, 0.3) is 0 Å². The van der Waals surface area contributed by atoms with Gasteiger partial charge in [-0.25, -0.2) is 4.98 Å². The minimum Gasteiger partial charge on any atom is -0.396 e. The molecule has 0 saturated carbocycles. The van der Waals surface area contributed by atoms with Crippen LogP contribution in [0.2, 0.25) is 0 Å². The minimum absolute atomic E-state index is 0.289. The number of anilines is 2. The highest BCUT2D eigenvalue weighted by atomic mass is 19.4. The zero-order chi connectivity index (χ0) is 14.0. The third-order valence-electron chi connectivity index (χ3n) is 3.26. The van der Waals surface area contributed by atoms with E-state index in [4.69, 9.17) is 5.73 Å². The maximum atomic E-state index is 12.7. The summed E-state index contributed by atoms with van der Waals surface area (Å²) in [6.07, 6.45) is -2.45. The van der Waals surface area contributed by atoms with Crippen molar-refractivity contribution in [2.24, 2.45) is 0 Å². The summed E-state index contributed by atoms with van der Waals surface area (Å²) < 4.78 is 38.0. The molecule has 2 N–H and O–H groups in total. The predicted molar refractivity (Wildman–Crippen MR) is 68.0 cm³/mol. The number of hydrogen-bond donors (Lipinski definition) is 1. The third-order valence-corrected chi connectivity index (χ3v) is 3.26. The van der Waals surface area contributed by atoms with E-state index in [2.05, 4.69) is 9.88 Å². The van der Waals surface area contributed by atoms with Crippen LogP contribution < -0.4 is 10.6 Å². The van der Waals surface area contributed by atoms with Crippen LogP contribution >= 0.6 is 0 Å². The summed E-state index contributed by atoms with van der Waals surface area (Å²) in [5.41, 5.74) is 5.59. The number of nitrogens with two attached hydrogens (primary N) is 1. The van der Waals surface area contributed by atoms with Crippen molar-refractivity contribution in [2.45, 2.75) is 12.6 Å². The van der Waals surface area contributed by atoms with Gasteiger partial charge in [0.1, 0.15) is 5.69 Å². The van der Waals surface area contributed by atoms with Crippen molar-refractivity contribution >= 4 is 11.4 Å². The maximum Gasteiger partial charge on any atom is 0.433 e. The van der Waals surface area contributed by atoms with Crippen LogP contribution in [-0.4, -0.2) is 43.1 Å². The molecule has 0 aliphatic carbocycles. The van der Waals surface area contributed by atoms with Gasteiger partial charge in [0.05, 0.1) is 17.6 Å². The van der Waals surface area contributed by atoms with Gasteiger partial charge < -0.3 is 15.5 Å². The van der Waals surface area contributed by atoms with Gasteiger partial charge in [0.25, 0.3) is 0 Å². The van der Waals surface area contributed by atoms with E-state index in [-0.39, 0.29) is 5.69 Å². The Balaban J connectivity index is 2.27. The first-order chi connectivity index (χ1) is 8.88. The number of aromatic nitrogens is 1. The molecule has 1 saturated heterocycles. The van der Waals surface area contributed by atoms with Crippen molar-refractivity contribution < 1.29 is 13.2 Å². The van der Waals surface area contributed by atoms with Crippen LogP contribution in [0.3, 0.4) is 0 Å². The fraction of sp³-hybridized carbons (Fsp3) is 0.583. The number of nitrogen functional groups attached to an aromatic ring is 1. The van der Waals surface area contributed by atoms with Crippen LogP contribution in [0, 0.1) is 0 Å². The van der Waals surface area contributed by atoms with Gasteiger partial charge in [-0.3, -0.25) is 0 Å². The fourth-order valence-electron chi connectivity index (χ4n) is 2.17. The second-order valence-corrected chi connectivity index (χ2v) is 4.77. The number of alkyl halides is 3. The molecule has 1 aliphatic rings. The molecule has 1 fully saturated rings. The summed E-state index contributed by atoms with van der Waals surface area (Å²) in [6, 6.07) is 1.04. The van der Waals surface area contributed by atoms with Crippen molar-refractivity contribution in [2.75, 3.05) is 43.9 Å². The van der Waals surface area contributed by atoms with Crippen molar-refractivity contribution in [1.29, 1.82) is 0 Å². The van der Waals surface area contributed by atoms with E-state index in [0.717, 1.165) is 31.8 Å². The molecule has 2 heterocycles. The highest BCUT2D eigenvalue weighted by molar-refractivity contribution is 5.67. The first kappa shape index (κ1) is 13.9. The Morgan fingerprint density at radius 3 is 2.63 bits per heavy atom. The molecule has 1 aromatic heterocycles. The molecule has 1 aromatic rings. The molecule has 19 heavy (non-hydrogen) atoms. The van der Waals surface area contributed by atoms with E-state index in [1.54, 1.807) is 0 Å². The lowest BCUT2D eigenvalue weighted by atomic mass is 10.2. The smallest absolute Gasteiger partial charge is 0.396 e. The molecule has 106 valence electrons. The van der Waals surface area contributed by atoms with Gasteiger partial charge >= 0.3 is 6.18 Å². The zero-order valence-electron chi connectivity index (χ0n) is 10.7. The third kappa shape index (κ3) is 3.28. The minimum atomic E-state index is -4.44. The summed E-state index contributed by atoms with van der Waals surface area (Å²) in [5, 5.41) is 0. The molecular weight excluding hydrogens is 257 g/mol. The maximum absolute atomic E-state index is 12.7. The molecule has 0 unspecified atom stereocenters. The Bertz CT molecular complexity index is 447. The number of pyridine rings is 1. The molecule has 0 radical (unpaired) electrons. The molecule has 1 aliphatic heterocycles. The Morgan fingerprint density at radius 1 is 1.21 bits per heavy atom. The van der Waals surface area contributed by atoms with Crippen LogP contribution in [0.4, 0.5) is 24.5 Å². The molecule has 0 amide bonds. The molecule has 0 aromatic carbocycles. The Labute approximate surface area is 110 Å². The van der Waals surface area contributed by atoms with Gasteiger partial charge in [-0.15, -0.1) is 0 Å². The topological polar surface area (TPSA) is 45.4 Å². The summed E-state index contributed by atoms with van der Waals surface area (Å²) in [4.78, 5) is 7.41. The van der Waals surface area contributed by atoms with E-state index in [1.807, 2.05) is 11.9 Å². The monoisotopic (exact) mass is 274 g/mol. The molecule has 0 atom stereocenters. The lowest BCUT2D eigenvalue weighted by molar-refractivity contribution is -0.141. The molecule has 0 bridgehead atoms. The van der Waals surface area contributed by atoms with Crippen LogP contribution in [0.15, 0.2) is 12.3 Å². The average Bonchev–Trinajstić information content (AvgIpc) is 2.53. The largest absolute Gasteiger partial charge is 0.433 e. The van der Waals surface area contributed by atoms with Crippen LogP contribution in [0.5, 0.6) is 0 Å². The van der Waals surface area contributed by atoms with E-state index in [1.165, 1.54) is 0 Å². The quantitative estimate of drug-likeness (QED) is 0.848. The summed E-state index contributed by atoms with van der Waals surface area (Å²) in [6.45, 7) is 3.12. The van der Waals surface area contributed by atoms with Crippen molar-refractivity contribution in [3.05, 3.63) is 18.0 Å². The second-order valence-electron chi connectivity index (χ2n) is 4.77. The average molecular weight is 274 g/mol. The Hall–Kier alpha value is -1.50. The predicted octanol–water partition coefficient (Wildman–Crippen LogP) is 1.82. The summed E-state index contributed by atoms with van der Waals surface area (Å²) in [7, 11) is 2.00. The number of nitrogens with zero attached hydrogens (tertiary/aromatic N) is 3. The summed E-state index contributed by atoms with van der Waals surface area (Å²) in [5.74, 6) is 0. The number of halogens is 3. The standard InChI is InChI=1S/C12H17F3N4/c1-18-3-2-4-19(6-5-18)10-7-11(12(13,14)15)17-8-9(10)16/h7-8H,2-6,16H2,1H3. The van der Waals surface area contributed by atoms with Crippen molar-refractivity contribution in [3.8, 4) is 0 Å². The van der Waals surface area contributed by atoms with Gasteiger partial charge in [-0.2, -0.15) is 13.2 Å². The SMILES string of the molecule is CN1CCCN(c2cc(C(F)(F)F)ncc2N)CC1. The first-order valence-electron chi connectivity index (χ1n) is 6.14. The van der Waals surface area contributed by atoms with E-state index in [9.17, 15) is 13.2 Å². The van der Waals surface area contributed by atoms with Crippen LogP contribution in [-0.2, 0) is 6.18 Å². The normalized spacial score (nSPS) is 18.4. The number of hydrogen-bond acceptors (Lipinski definition) is 4. The molecular formula is C12H17F3N4. The molecule has 7 heteroatoms. The van der Waals surface area contributed by atoms with Gasteiger partial charge in [-0.1, -0.05) is 0 Å². The van der Waals surface area contributed by atoms with Crippen LogP contribution in [0.1, 0.15) is 12.1 Å². The van der Waals surface area contributed by atoms with Gasteiger partial charge in [-0.05, 0) is 26.1 Å². The van der Waals surface area contributed by atoms with Gasteiger partial charge in [0, 0.05) is 19.6 Å². The molecule has 2 rings (SSSR count). The fourth-order valence-corrected chi connectivity index (χ4v) is 2.17. The summed E-state index contributed by atoms with van der Waals surface area (Å²) >= 11 is 0. The van der Waals surface area contributed by atoms with Gasteiger partial charge in [0.15, 0.2) is 0 Å². The lowest BCUT2D eigenvalue weighted by Crippen LogP contribution is -2.29. The van der Waals surface area contributed by atoms with E-state index < -0.39 is 11.9 Å².